The van der Waals surface area contributed by atoms with Crippen molar-refractivity contribution in [1.29, 1.82) is 0 Å². The van der Waals surface area contributed by atoms with Crippen molar-refractivity contribution in [1.82, 2.24) is 10.3 Å². The van der Waals surface area contributed by atoms with Gasteiger partial charge in [-0.05, 0) is 43.1 Å². The zero-order chi connectivity index (χ0) is 14.5. The monoisotopic (exact) mass is 416 g/mol. The summed E-state index contributed by atoms with van der Waals surface area (Å²) in [6.45, 7) is 2.30. The number of hydrogen-bond donors (Lipinski definition) is 2. The first-order valence-corrected chi connectivity index (χ1v) is 7.91. The maximum Gasteiger partial charge on any atom is 0.213 e. The Morgan fingerprint density at radius 3 is 2.68 bits per heavy atom. The molecule has 0 aromatic carbocycles. The SMILES string of the molecule is I.NC(=NCc1ccc(OCC2CC2)nc1)NCC1CCC1. The van der Waals surface area contributed by atoms with E-state index in [2.05, 4.69) is 15.3 Å². The topological polar surface area (TPSA) is 72.5 Å². The minimum absolute atomic E-state index is 0. The minimum atomic E-state index is 0. The van der Waals surface area contributed by atoms with E-state index < -0.39 is 0 Å². The zero-order valence-electron chi connectivity index (χ0n) is 12.8. The molecule has 2 aliphatic carbocycles. The number of nitrogens with two attached hydrogens (primary N) is 1. The largest absolute Gasteiger partial charge is 0.477 e. The van der Waals surface area contributed by atoms with E-state index in [0.717, 1.165) is 30.6 Å². The molecule has 3 rings (SSSR count). The number of nitrogens with one attached hydrogen (secondary N) is 1. The van der Waals surface area contributed by atoms with Crippen LogP contribution in [0.1, 0.15) is 37.7 Å². The van der Waals surface area contributed by atoms with Gasteiger partial charge in [0.05, 0.1) is 13.2 Å². The van der Waals surface area contributed by atoms with Crippen LogP contribution in [0.4, 0.5) is 0 Å². The number of ether oxygens (including phenoxy) is 1. The minimum Gasteiger partial charge on any atom is -0.477 e. The van der Waals surface area contributed by atoms with E-state index in [1.165, 1.54) is 32.1 Å². The molecule has 1 aromatic rings. The van der Waals surface area contributed by atoms with Gasteiger partial charge in [0.15, 0.2) is 5.96 Å². The van der Waals surface area contributed by atoms with Crippen molar-refractivity contribution in [3.8, 4) is 5.88 Å². The normalized spacial score (nSPS) is 18.3. The van der Waals surface area contributed by atoms with Gasteiger partial charge in [-0.15, -0.1) is 24.0 Å². The number of guanidine groups is 1. The average molecular weight is 416 g/mol. The molecule has 122 valence electrons. The van der Waals surface area contributed by atoms with E-state index in [1.54, 1.807) is 0 Å². The van der Waals surface area contributed by atoms with Crippen LogP contribution in [-0.2, 0) is 6.54 Å². The number of halogens is 1. The summed E-state index contributed by atoms with van der Waals surface area (Å²) >= 11 is 0. The third-order valence-corrected chi connectivity index (χ3v) is 4.19. The van der Waals surface area contributed by atoms with Gasteiger partial charge in [0.25, 0.3) is 0 Å². The Labute approximate surface area is 149 Å². The van der Waals surface area contributed by atoms with Gasteiger partial charge >= 0.3 is 0 Å². The van der Waals surface area contributed by atoms with Crippen LogP contribution in [0.25, 0.3) is 0 Å². The number of nitrogens with zero attached hydrogens (tertiary/aromatic N) is 2. The van der Waals surface area contributed by atoms with Crippen molar-refractivity contribution in [2.24, 2.45) is 22.6 Å². The molecular formula is C16H25IN4O. The Bertz CT molecular complexity index is 483. The molecule has 2 aliphatic rings. The second-order valence-electron chi connectivity index (χ2n) is 6.14. The molecule has 0 amide bonds. The lowest BCUT2D eigenvalue weighted by atomic mass is 9.85. The number of hydrogen-bond acceptors (Lipinski definition) is 3. The predicted octanol–water partition coefficient (Wildman–Crippen LogP) is 2.69. The van der Waals surface area contributed by atoms with Crippen LogP contribution < -0.4 is 15.8 Å². The van der Waals surface area contributed by atoms with Crippen LogP contribution in [0.5, 0.6) is 5.88 Å². The summed E-state index contributed by atoms with van der Waals surface area (Å²) in [6, 6.07) is 3.91. The van der Waals surface area contributed by atoms with Crippen LogP contribution in [0.3, 0.4) is 0 Å². The summed E-state index contributed by atoms with van der Waals surface area (Å²) in [5, 5.41) is 3.19. The van der Waals surface area contributed by atoms with E-state index >= 15 is 0 Å². The van der Waals surface area contributed by atoms with E-state index in [-0.39, 0.29) is 24.0 Å². The van der Waals surface area contributed by atoms with Crippen molar-refractivity contribution in [3.63, 3.8) is 0 Å². The molecule has 1 heterocycles. The molecule has 5 nitrogen and oxygen atoms in total. The van der Waals surface area contributed by atoms with Gasteiger partial charge in [-0.2, -0.15) is 0 Å². The first kappa shape index (κ1) is 17.3. The first-order chi connectivity index (χ1) is 10.3. The summed E-state index contributed by atoms with van der Waals surface area (Å²) in [4.78, 5) is 8.64. The summed E-state index contributed by atoms with van der Waals surface area (Å²) in [7, 11) is 0. The number of aliphatic imine (C=N–C) groups is 1. The van der Waals surface area contributed by atoms with Gasteiger partial charge in [-0.25, -0.2) is 9.98 Å². The second-order valence-corrected chi connectivity index (χ2v) is 6.14. The molecule has 2 saturated carbocycles. The molecule has 0 bridgehead atoms. The van der Waals surface area contributed by atoms with Gasteiger partial charge in [0.2, 0.25) is 5.88 Å². The van der Waals surface area contributed by atoms with Gasteiger partial charge in [0, 0.05) is 18.8 Å². The van der Waals surface area contributed by atoms with Crippen LogP contribution in [0.2, 0.25) is 0 Å². The summed E-state index contributed by atoms with van der Waals surface area (Å²) in [5.74, 6) is 2.75. The fraction of sp³-hybridized carbons (Fsp3) is 0.625. The lowest BCUT2D eigenvalue weighted by Crippen LogP contribution is -2.37. The quantitative estimate of drug-likeness (QED) is 0.407. The fourth-order valence-corrected chi connectivity index (χ4v) is 2.26. The van der Waals surface area contributed by atoms with E-state index in [0.29, 0.717) is 18.4 Å². The highest BCUT2D eigenvalue weighted by atomic mass is 127. The Hall–Kier alpha value is -1.05. The summed E-state index contributed by atoms with van der Waals surface area (Å²) in [5.41, 5.74) is 6.90. The maximum atomic E-state index is 5.86. The molecule has 6 heteroatoms. The zero-order valence-corrected chi connectivity index (χ0v) is 15.2. The van der Waals surface area contributed by atoms with Crippen molar-refractivity contribution >= 4 is 29.9 Å². The van der Waals surface area contributed by atoms with Crippen LogP contribution in [0.15, 0.2) is 23.3 Å². The highest BCUT2D eigenvalue weighted by molar-refractivity contribution is 14.0. The highest BCUT2D eigenvalue weighted by Crippen LogP contribution is 2.29. The number of pyridine rings is 1. The summed E-state index contributed by atoms with van der Waals surface area (Å²) in [6.07, 6.45) is 8.37. The molecule has 0 radical (unpaired) electrons. The molecule has 22 heavy (non-hydrogen) atoms. The Morgan fingerprint density at radius 1 is 1.27 bits per heavy atom. The Kier molecular flexibility index (Phi) is 6.72. The van der Waals surface area contributed by atoms with Crippen molar-refractivity contribution in [3.05, 3.63) is 23.9 Å². The van der Waals surface area contributed by atoms with Gasteiger partial charge in [0.1, 0.15) is 0 Å². The Morgan fingerprint density at radius 2 is 2.09 bits per heavy atom. The fourth-order valence-electron chi connectivity index (χ4n) is 2.26. The van der Waals surface area contributed by atoms with Gasteiger partial charge < -0.3 is 15.8 Å². The van der Waals surface area contributed by atoms with E-state index in [9.17, 15) is 0 Å². The van der Waals surface area contributed by atoms with Crippen LogP contribution in [-0.4, -0.2) is 24.1 Å². The first-order valence-electron chi connectivity index (χ1n) is 7.91. The number of aromatic nitrogens is 1. The highest BCUT2D eigenvalue weighted by Gasteiger charge is 2.22. The molecule has 2 fully saturated rings. The number of rotatable bonds is 7. The molecule has 0 aliphatic heterocycles. The molecule has 0 unspecified atom stereocenters. The standard InChI is InChI=1S/C16H24N4O.HI/c17-16(19-8-12-2-1-3-12)20-10-14-6-7-15(18-9-14)21-11-13-4-5-13;/h6-7,9,12-13H,1-5,8,10-11H2,(H3,17,19,20);1H. The van der Waals surface area contributed by atoms with Crippen molar-refractivity contribution in [2.75, 3.05) is 13.2 Å². The molecule has 1 aromatic heterocycles. The Balaban J connectivity index is 0.00000176. The predicted molar refractivity (Wildman–Crippen MR) is 98.5 cm³/mol. The molecule has 0 saturated heterocycles. The van der Waals surface area contributed by atoms with Gasteiger partial charge in [-0.1, -0.05) is 12.5 Å². The molecule has 0 atom stereocenters. The van der Waals surface area contributed by atoms with Gasteiger partial charge in [-0.3, -0.25) is 0 Å². The lowest BCUT2D eigenvalue weighted by Gasteiger charge is -2.25. The van der Waals surface area contributed by atoms with E-state index in [1.807, 2.05) is 18.3 Å². The molecule has 3 N–H and O–H groups in total. The van der Waals surface area contributed by atoms with Crippen molar-refractivity contribution in [2.45, 2.75) is 38.6 Å². The summed E-state index contributed by atoms with van der Waals surface area (Å²) < 4.78 is 5.61. The third-order valence-electron chi connectivity index (χ3n) is 4.19. The van der Waals surface area contributed by atoms with Crippen LogP contribution >= 0.6 is 24.0 Å². The van der Waals surface area contributed by atoms with Crippen molar-refractivity contribution < 1.29 is 4.74 Å². The van der Waals surface area contributed by atoms with E-state index in [4.69, 9.17) is 10.5 Å². The van der Waals surface area contributed by atoms with Crippen LogP contribution in [0, 0.1) is 11.8 Å². The maximum absolute atomic E-state index is 5.86. The molecule has 0 spiro atoms. The third kappa shape index (κ3) is 5.62. The lowest BCUT2D eigenvalue weighted by molar-refractivity contribution is 0.288. The molecular weight excluding hydrogens is 391 g/mol. The average Bonchev–Trinajstić information content (AvgIpc) is 3.26. The smallest absolute Gasteiger partial charge is 0.213 e. The second kappa shape index (κ2) is 8.55.